The molecular formula is C18H19FO. The number of halogens is 1. The van der Waals surface area contributed by atoms with Gasteiger partial charge < -0.3 is 5.11 Å². The highest BCUT2D eigenvalue weighted by Gasteiger charge is 2.25. The molecule has 1 aliphatic carbocycles. The lowest BCUT2D eigenvalue weighted by molar-refractivity contribution is 0.216. The van der Waals surface area contributed by atoms with Crippen LogP contribution in [-0.4, -0.2) is 5.11 Å². The molecule has 2 aromatic carbocycles. The van der Waals surface area contributed by atoms with Crippen molar-refractivity contribution in [2.24, 2.45) is 0 Å². The molecule has 2 heteroatoms. The summed E-state index contributed by atoms with van der Waals surface area (Å²) >= 11 is 0. The molecule has 1 atom stereocenters. The predicted molar refractivity (Wildman–Crippen MR) is 78.2 cm³/mol. The third kappa shape index (κ3) is 2.36. The first-order valence-corrected chi connectivity index (χ1v) is 7.20. The summed E-state index contributed by atoms with van der Waals surface area (Å²) in [6, 6.07) is 12.7. The summed E-state index contributed by atoms with van der Waals surface area (Å²) in [6.45, 7) is 1.84. The lowest BCUT2D eigenvalue weighted by Crippen LogP contribution is -2.14. The van der Waals surface area contributed by atoms with Crippen LogP contribution in [0.15, 0.2) is 42.5 Å². The van der Waals surface area contributed by atoms with Crippen LogP contribution >= 0.6 is 0 Å². The Kier molecular flexibility index (Phi) is 3.58. The number of aliphatic hydroxyl groups excluding tert-OH is 1. The molecule has 20 heavy (non-hydrogen) atoms. The topological polar surface area (TPSA) is 20.2 Å². The Morgan fingerprint density at radius 1 is 1.10 bits per heavy atom. The van der Waals surface area contributed by atoms with Crippen LogP contribution in [0.3, 0.4) is 0 Å². The minimum atomic E-state index is -0.674. The van der Waals surface area contributed by atoms with Crippen molar-refractivity contribution < 1.29 is 9.50 Å². The molecule has 1 fully saturated rings. The van der Waals surface area contributed by atoms with Gasteiger partial charge in [-0.25, -0.2) is 4.39 Å². The molecule has 1 nitrogen and oxygen atoms in total. The van der Waals surface area contributed by atoms with Gasteiger partial charge in [-0.05, 0) is 60.1 Å². The third-order valence-electron chi connectivity index (χ3n) is 4.36. The third-order valence-corrected chi connectivity index (χ3v) is 4.36. The maximum absolute atomic E-state index is 13.2. The van der Waals surface area contributed by atoms with Gasteiger partial charge in [0, 0.05) is 0 Å². The lowest BCUT2D eigenvalue weighted by atomic mass is 9.77. The van der Waals surface area contributed by atoms with Gasteiger partial charge >= 0.3 is 0 Å². The summed E-state index contributed by atoms with van der Waals surface area (Å²) in [5.41, 5.74) is 3.79. The number of aryl methyl sites for hydroxylation is 1. The maximum atomic E-state index is 13.2. The van der Waals surface area contributed by atoms with Crippen LogP contribution in [0.5, 0.6) is 0 Å². The van der Waals surface area contributed by atoms with Crippen molar-refractivity contribution in [1.82, 2.24) is 0 Å². The van der Waals surface area contributed by atoms with Crippen LogP contribution in [0, 0.1) is 12.7 Å². The molecule has 0 radical (unpaired) electrons. The molecule has 0 saturated heterocycles. The van der Waals surface area contributed by atoms with Crippen molar-refractivity contribution in [1.29, 1.82) is 0 Å². The fraction of sp³-hybridized carbons (Fsp3) is 0.333. The first-order chi connectivity index (χ1) is 9.66. The molecule has 1 saturated carbocycles. The molecule has 0 aromatic heterocycles. The Balaban J connectivity index is 1.99. The number of rotatable bonds is 3. The molecule has 2 aromatic rings. The van der Waals surface area contributed by atoms with Crippen molar-refractivity contribution in [2.75, 3.05) is 0 Å². The summed E-state index contributed by atoms with van der Waals surface area (Å²) in [5, 5.41) is 10.7. The molecular weight excluding hydrogens is 251 g/mol. The van der Waals surface area contributed by atoms with Crippen molar-refractivity contribution in [3.8, 4) is 0 Å². The molecule has 0 spiro atoms. The fourth-order valence-electron chi connectivity index (χ4n) is 2.96. The average Bonchev–Trinajstić information content (AvgIpc) is 2.37. The lowest BCUT2D eigenvalue weighted by Gasteiger charge is -2.29. The van der Waals surface area contributed by atoms with E-state index < -0.39 is 6.10 Å². The van der Waals surface area contributed by atoms with Gasteiger partial charge in [0.1, 0.15) is 11.9 Å². The summed E-state index contributed by atoms with van der Waals surface area (Å²) in [7, 11) is 0. The van der Waals surface area contributed by atoms with Crippen LogP contribution in [0.4, 0.5) is 4.39 Å². The maximum Gasteiger partial charge on any atom is 0.123 e. The van der Waals surface area contributed by atoms with Crippen molar-refractivity contribution >= 4 is 0 Å². The second-order valence-electron chi connectivity index (χ2n) is 5.66. The zero-order valence-corrected chi connectivity index (χ0v) is 11.6. The van der Waals surface area contributed by atoms with Crippen LogP contribution in [0.2, 0.25) is 0 Å². The van der Waals surface area contributed by atoms with E-state index >= 15 is 0 Å². The van der Waals surface area contributed by atoms with Crippen molar-refractivity contribution in [2.45, 2.75) is 38.2 Å². The summed E-state index contributed by atoms with van der Waals surface area (Å²) in [4.78, 5) is 0. The number of aliphatic hydroxyl groups is 1. The normalized spacial score (nSPS) is 16.8. The first kappa shape index (κ1) is 13.3. The Morgan fingerprint density at radius 3 is 2.50 bits per heavy atom. The van der Waals surface area contributed by atoms with Gasteiger partial charge in [-0.1, -0.05) is 36.8 Å². The first-order valence-electron chi connectivity index (χ1n) is 7.20. The van der Waals surface area contributed by atoms with Gasteiger partial charge in [0.05, 0.1) is 0 Å². The second-order valence-corrected chi connectivity index (χ2v) is 5.66. The monoisotopic (exact) mass is 270 g/mol. The molecule has 0 heterocycles. The van der Waals surface area contributed by atoms with Crippen LogP contribution in [0.25, 0.3) is 0 Å². The molecule has 0 amide bonds. The van der Waals surface area contributed by atoms with Crippen molar-refractivity contribution in [3.63, 3.8) is 0 Å². The van der Waals surface area contributed by atoms with Crippen LogP contribution in [0.1, 0.15) is 53.5 Å². The average molecular weight is 270 g/mol. The number of benzene rings is 2. The Morgan fingerprint density at radius 2 is 1.85 bits per heavy atom. The molecule has 1 aliphatic rings. The van der Waals surface area contributed by atoms with E-state index in [1.165, 1.54) is 37.0 Å². The van der Waals surface area contributed by atoms with Gasteiger partial charge in [-0.3, -0.25) is 0 Å². The van der Waals surface area contributed by atoms with E-state index in [9.17, 15) is 9.50 Å². The number of hydrogen-bond acceptors (Lipinski definition) is 1. The van der Waals surface area contributed by atoms with Gasteiger partial charge in [-0.15, -0.1) is 0 Å². The molecule has 1 N–H and O–H groups in total. The Bertz CT molecular complexity index is 617. The highest BCUT2D eigenvalue weighted by molar-refractivity contribution is 5.41. The Labute approximate surface area is 119 Å². The fourth-order valence-corrected chi connectivity index (χ4v) is 2.96. The van der Waals surface area contributed by atoms with E-state index in [4.69, 9.17) is 0 Å². The molecule has 0 aliphatic heterocycles. The standard InChI is InChI=1S/C18H19FO/c1-12-11-14(19)9-10-15(12)18(20)17-8-3-2-7-16(17)13-5-4-6-13/h2-3,7-11,13,18,20H,4-6H2,1H3. The van der Waals surface area contributed by atoms with Gasteiger partial charge in [0.25, 0.3) is 0 Å². The largest absolute Gasteiger partial charge is 0.384 e. The van der Waals surface area contributed by atoms with E-state index in [0.29, 0.717) is 5.92 Å². The van der Waals surface area contributed by atoms with Gasteiger partial charge in [-0.2, -0.15) is 0 Å². The summed E-state index contributed by atoms with van der Waals surface area (Å²) < 4.78 is 13.2. The Hall–Kier alpha value is -1.67. The summed E-state index contributed by atoms with van der Waals surface area (Å²) in [5.74, 6) is 0.312. The van der Waals surface area contributed by atoms with Gasteiger partial charge in [0.2, 0.25) is 0 Å². The predicted octanol–water partition coefficient (Wildman–Crippen LogP) is 4.48. The second kappa shape index (κ2) is 5.37. The SMILES string of the molecule is Cc1cc(F)ccc1C(O)c1ccccc1C1CCC1. The number of hydrogen-bond donors (Lipinski definition) is 1. The van der Waals surface area contributed by atoms with E-state index in [1.54, 1.807) is 6.07 Å². The highest BCUT2D eigenvalue weighted by Crippen LogP contribution is 2.40. The van der Waals surface area contributed by atoms with E-state index in [2.05, 4.69) is 6.07 Å². The zero-order valence-electron chi connectivity index (χ0n) is 11.6. The molecule has 1 unspecified atom stereocenters. The van der Waals surface area contributed by atoms with E-state index in [1.807, 2.05) is 25.1 Å². The molecule has 0 bridgehead atoms. The highest BCUT2D eigenvalue weighted by atomic mass is 19.1. The van der Waals surface area contributed by atoms with Crippen LogP contribution in [-0.2, 0) is 0 Å². The smallest absolute Gasteiger partial charge is 0.123 e. The van der Waals surface area contributed by atoms with E-state index in [-0.39, 0.29) is 5.82 Å². The minimum Gasteiger partial charge on any atom is -0.384 e. The minimum absolute atomic E-state index is 0.259. The van der Waals surface area contributed by atoms with Crippen LogP contribution < -0.4 is 0 Å². The quantitative estimate of drug-likeness (QED) is 0.871. The van der Waals surface area contributed by atoms with Crippen molar-refractivity contribution in [3.05, 3.63) is 70.5 Å². The molecule has 104 valence electrons. The summed E-state index contributed by atoms with van der Waals surface area (Å²) in [6.07, 6.45) is 3.00. The van der Waals surface area contributed by atoms with E-state index in [0.717, 1.165) is 16.7 Å². The zero-order chi connectivity index (χ0) is 14.1. The molecule has 3 rings (SSSR count). The van der Waals surface area contributed by atoms with Gasteiger partial charge in [0.15, 0.2) is 0 Å².